The molecular weight excluding hydrogens is 378 g/mol. The molecule has 2 fully saturated rings. The van der Waals surface area contributed by atoms with Crippen LogP contribution in [0.2, 0.25) is 0 Å². The van der Waals surface area contributed by atoms with Crippen LogP contribution in [-0.2, 0) is 4.74 Å². The first-order chi connectivity index (χ1) is 14.7. The third-order valence-corrected chi connectivity index (χ3v) is 6.25. The molecule has 2 aromatic rings. The van der Waals surface area contributed by atoms with Crippen molar-refractivity contribution >= 4 is 5.91 Å². The summed E-state index contributed by atoms with van der Waals surface area (Å²) in [7, 11) is 0. The van der Waals surface area contributed by atoms with Crippen LogP contribution < -0.4 is 4.74 Å². The summed E-state index contributed by atoms with van der Waals surface area (Å²) in [5.74, 6) is 1.43. The summed E-state index contributed by atoms with van der Waals surface area (Å²) in [4.78, 5) is 18.8. The van der Waals surface area contributed by atoms with Crippen LogP contribution in [-0.4, -0.2) is 47.7 Å². The predicted molar refractivity (Wildman–Crippen MR) is 112 cm³/mol. The zero-order chi connectivity index (χ0) is 20.8. The zero-order valence-electron chi connectivity index (χ0n) is 17.1. The molecule has 0 N–H and O–H groups in total. The van der Waals surface area contributed by atoms with Crippen molar-refractivity contribution in [3.63, 3.8) is 0 Å². The summed E-state index contributed by atoms with van der Waals surface area (Å²) >= 11 is 0. The molecule has 0 aliphatic carbocycles. The lowest BCUT2D eigenvalue weighted by molar-refractivity contribution is -0.125. The average Bonchev–Trinajstić information content (AvgIpc) is 2.80. The fourth-order valence-electron chi connectivity index (χ4n) is 4.49. The lowest BCUT2D eigenvalue weighted by atomic mass is 9.78. The van der Waals surface area contributed by atoms with E-state index in [1.54, 1.807) is 36.7 Å². The number of pyridine rings is 1. The van der Waals surface area contributed by atoms with Gasteiger partial charge in [0.1, 0.15) is 5.75 Å². The van der Waals surface area contributed by atoms with E-state index >= 15 is 0 Å². The molecule has 30 heavy (non-hydrogen) atoms. The molecule has 3 heterocycles. The van der Waals surface area contributed by atoms with Gasteiger partial charge in [0.25, 0.3) is 5.91 Å². The van der Waals surface area contributed by atoms with Gasteiger partial charge in [-0.3, -0.25) is 9.78 Å². The molecule has 6 heteroatoms. The summed E-state index contributed by atoms with van der Waals surface area (Å²) in [6.07, 6.45) is 8.33. The second kappa shape index (κ2) is 9.27. The second-order valence-electron chi connectivity index (χ2n) is 8.20. The van der Waals surface area contributed by atoms with Crippen LogP contribution in [0.1, 0.15) is 48.0 Å². The number of nitriles is 1. The number of aromatic nitrogens is 1. The van der Waals surface area contributed by atoms with Crippen molar-refractivity contribution in [2.75, 3.05) is 26.3 Å². The summed E-state index contributed by atoms with van der Waals surface area (Å²) in [5.41, 5.74) is 1.09. The van der Waals surface area contributed by atoms with Crippen LogP contribution in [0.15, 0.2) is 48.8 Å². The molecule has 2 aliphatic rings. The largest absolute Gasteiger partial charge is 0.492 e. The first-order valence-corrected chi connectivity index (χ1v) is 10.6. The van der Waals surface area contributed by atoms with Crippen molar-refractivity contribution in [2.24, 2.45) is 5.92 Å². The zero-order valence-corrected chi connectivity index (χ0v) is 17.1. The fraction of sp³-hybridized carbons (Fsp3) is 0.458. The van der Waals surface area contributed by atoms with Crippen LogP contribution in [0.4, 0.5) is 0 Å². The van der Waals surface area contributed by atoms with Crippen LogP contribution in [0.25, 0.3) is 0 Å². The quantitative estimate of drug-likeness (QED) is 0.756. The molecule has 0 radical (unpaired) electrons. The normalized spacial score (nSPS) is 20.5. The molecule has 0 saturated carbocycles. The minimum Gasteiger partial charge on any atom is -0.492 e. The molecule has 156 valence electrons. The molecule has 4 rings (SSSR count). The van der Waals surface area contributed by atoms with E-state index in [0.717, 1.165) is 44.5 Å². The summed E-state index contributed by atoms with van der Waals surface area (Å²) in [6, 6.07) is 12.8. The van der Waals surface area contributed by atoms with Gasteiger partial charge in [-0.15, -0.1) is 0 Å². The number of hydrogen-bond donors (Lipinski definition) is 0. The minimum atomic E-state index is -0.112. The van der Waals surface area contributed by atoms with E-state index in [4.69, 9.17) is 14.7 Å². The van der Waals surface area contributed by atoms with Gasteiger partial charge >= 0.3 is 0 Å². The number of rotatable bonds is 5. The second-order valence-corrected chi connectivity index (χ2v) is 8.20. The van der Waals surface area contributed by atoms with E-state index in [9.17, 15) is 4.79 Å². The van der Waals surface area contributed by atoms with E-state index in [1.807, 2.05) is 17.0 Å². The summed E-state index contributed by atoms with van der Waals surface area (Å²) in [6.45, 7) is 2.88. The van der Waals surface area contributed by atoms with Crippen LogP contribution >= 0.6 is 0 Å². The van der Waals surface area contributed by atoms with Crippen molar-refractivity contribution in [1.29, 1.82) is 5.26 Å². The van der Waals surface area contributed by atoms with Crippen molar-refractivity contribution in [2.45, 2.75) is 37.7 Å². The highest BCUT2D eigenvalue weighted by Crippen LogP contribution is 2.39. The topological polar surface area (TPSA) is 75.5 Å². The van der Waals surface area contributed by atoms with Gasteiger partial charge in [0.05, 0.1) is 30.0 Å². The Bertz CT molecular complexity index is 884. The van der Waals surface area contributed by atoms with E-state index in [0.29, 0.717) is 36.7 Å². The maximum Gasteiger partial charge on any atom is 0.253 e. The summed E-state index contributed by atoms with van der Waals surface area (Å²) < 4.78 is 12.1. The Kier molecular flexibility index (Phi) is 6.29. The molecule has 1 unspecified atom stereocenters. The molecular formula is C24H27N3O3. The Morgan fingerprint density at radius 3 is 2.77 bits per heavy atom. The fourth-order valence-corrected chi connectivity index (χ4v) is 4.49. The molecule has 2 aliphatic heterocycles. The van der Waals surface area contributed by atoms with Crippen LogP contribution in [0.5, 0.6) is 5.75 Å². The molecule has 1 aromatic carbocycles. The molecule has 2 saturated heterocycles. The molecule has 1 spiro atoms. The first kappa shape index (κ1) is 20.4. The van der Waals surface area contributed by atoms with Crippen LogP contribution in [0.3, 0.4) is 0 Å². The number of nitrogens with zero attached hydrogens (tertiary/aromatic N) is 3. The minimum absolute atomic E-state index is 0.0339. The van der Waals surface area contributed by atoms with E-state index in [-0.39, 0.29) is 11.5 Å². The number of ether oxygens (including phenoxy) is 2. The van der Waals surface area contributed by atoms with Gasteiger partial charge in [0.2, 0.25) is 0 Å². The number of carbonyl (C=O) groups is 1. The smallest absolute Gasteiger partial charge is 0.253 e. The van der Waals surface area contributed by atoms with Gasteiger partial charge in [-0.2, -0.15) is 5.26 Å². The standard InChI is InChI=1S/C24H27N3O3/c25-17-20-3-5-21(6-4-20)23(28)27-12-9-24(10-13-27)16-19(8-15-30-24)7-14-29-22-2-1-11-26-18-22/h1-6,11,18-19H,7-10,12-16H2. The maximum atomic E-state index is 12.8. The Balaban J connectivity index is 1.27. The monoisotopic (exact) mass is 405 g/mol. The molecule has 0 bridgehead atoms. The highest BCUT2D eigenvalue weighted by atomic mass is 16.5. The third-order valence-electron chi connectivity index (χ3n) is 6.25. The Labute approximate surface area is 177 Å². The highest BCUT2D eigenvalue weighted by molar-refractivity contribution is 5.94. The lowest BCUT2D eigenvalue weighted by Gasteiger charge is -2.46. The van der Waals surface area contributed by atoms with Crippen molar-refractivity contribution in [3.05, 3.63) is 59.9 Å². The predicted octanol–water partition coefficient (Wildman–Crippen LogP) is 3.82. The van der Waals surface area contributed by atoms with Gasteiger partial charge in [-0.05, 0) is 74.4 Å². The first-order valence-electron chi connectivity index (χ1n) is 10.6. The molecule has 6 nitrogen and oxygen atoms in total. The van der Waals surface area contributed by atoms with Crippen LogP contribution in [0, 0.1) is 17.2 Å². The lowest BCUT2D eigenvalue weighted by Crippen LogP contribution is -2.50. The number of piperidine rings is 1. The Morgan fingerprint density at radius 1 is 1.27 bits per heavy atom. The third kappa shape index (κ3) is 4.80. The van der Waals surface area contributed by atoms with Gasteiger partial charge in [-0.1, -0.05) is 0 Å². The van der Waals surface area contributed by atoms with Gasteiger partial charge in [0, 0.05) is 31.5 Å². The average molecular weight is 405 g/mol. The maximum absolute atomic E-state index is 12.8. The van der Waals surface area contributed by atoms with Gasteiger partial charge < -0.3 is 14.4 Å². The van der Waals surface area contributed by atoms with Crippen molar-refractivity contribution in [3.8, 4) is 11.8 Å². The van der Waals surface area contributed by atoms with E-state index in [2.05, 4.69) is 11.1 Å². The van der Waals surface area contributed by atoms with Crippen molar-refractivity contribution in [1.82, 2.24) is 9.88 Å². The molecule has 1 aromatic heterocycles. The summed E-state index contributed by atoms with van der Waals surface area (Å²) in [5, 5.41) is 8.92. The SMILES string of the molecule is N#Cc1ccc(C(=O)N2CCC3(CC2)CC(CCOc2cccnc2)CCO3)cc1. The van der Waals surface area contributed by atoms with Crippen molar-refractivity contribution < 1.29 is 14.3 Å². The highest BCUT2D eigenvalue weighted by Gasteiger charge is 2.41. The number of hydrogen-bond acceptors (Lipinski definition) is 5. The molecule has 1 amide bonds. The van der Waals surface area contributed by atoms with E-state index < -0.39 is 0 Å². The van der Waals surface area contributed by atoms with Gasteiger partial charge in [-0.25, -0.2) is 0 Å². The van der Waals surface area contributed by atoms with E-state index in [1.165, 1.54) is 0 Å². The number of carbonyl (C=O) groups excluding carboxylic acids is 1. The Morgan fingerprint density at radius 2 is 2.07 bits per heavy atom. The Hall–Kier alpha value is -2.91. The number of benzene rings is 1. The van der Waals surface area contributed by atoms with Gasteiger partial charge in [0.15, 0.2) is 0 Å². The number of likely N-dealkylation sites (tertiary alicyclic amines) is 1. The number of amides is 1. The molecule has 1 atom stereocenters.